The molecule has 0 spiro atoms. The summed E-state index contributed by atoms with van der Waals surface area (Å²) >= 11 is 5.85. The minimum absolute atomic E-state index is 0.0884. The molecule has 8 nitrogen and oxygen atoms in total. The van der Waals surface area contributed by atoms with E-state index >= 15 is 0 Å². The second-order valence-electron chi connectivity index (χ2n) is 6.36. The molecule has 1 saturated carbocycles. The number of imidazole rings is 1. The summed E-state index contributed by atoms with van der Waals surface area (Å²) in [6.45, 7) is -0.173. The third-order valence-electron chi connectivity index (χ3n) is 4.72. The smallest absolute Gasteiger partial charge is 0.274 e. The molecule has 10 heteroatoms. The topological polar surface area (TPSA) is 97.3 Å². The van der Waals surface area contributed by atoms with Crippen LogP contribution < -0.4 is 5.32 Å². The predicted octanol–water partition coefficient (Wildman–Crippen LogP) is 1.42. The van der Waals surface area contributed by atoms with Crippen molar-refractivity contribution >= 4 is 23.2 Å². The van der Waals surface area contributed by atoms with Crippen molar-refractivity contribution in [1.29, 1.82) is 0 Å². The Labute approximate surface area is 152 Å². The first-order chi connectivity index (χ1) is 12.5. The van der Waals surface area contributed by atoms with Crippen molar-refractivity contribution in [3.05, 3.63) is 46.6 Å². The Hall–Kier alpha value is -2.52. The molecule has 0 atom stereocenters. The zero-order valence-corrected chi connectivity index (χ0v) is 14.6. The highest BCUT2D eigenvalue weighted by Gasteiger charge is 2.35. The maximum absolute atomic E-state index is 14.4. The van der Waals surface area contributed by atoms with E-state index in [1.165, 1.54) is 6.20 Å². The average molecular weight is 379 g/mol. The number of aromatic nitrogens is 5. The van der Waals surface area contributed by atoms with Crippen molar-refractivity contribution in [2.24, 2.45) is 7.05 Å². The summed E-state index contributed by atoms with van der Waals surface area (Å²) < 4.78 is 17.3. The van der Waals surface area contributed by atoms with Crippen LogP contribution in [-0.4, -0.2) is 41.2 Å². The van der Waals surface area contributed by atoms with E-state index in [0.717, 1.165) is 10.2 Å². The zero-order chi connectivity index (χ0) is 18.4. The minimum Gasteiger partial charge on any atom is -0.388 e. The van der Waals surface area contributed by atoms with Crippen molar-refractivity contribution < 1.29 is 14.3 Å². The molecule has 4 rings (SSSR count). The lowest BCUT2D eigenvalue weighted by Crippen LogP contribution is -2.44. The van der Waals surface area contributed by atoms with Crippen molar-refractivity contribution in [2.75, 3.05) is 0 Å². The molecule has 0 unspecified atom stereocenters. The normalized spacial score (nSPS) is 19.5. The van der Waals surface area contributed by atoms with Crippen molar-refractivity contribution in [3.8, 4) is 0 Å². The van der Waals surface area contributed by atoms with Crippen LogP contribution in [0.15, 0.2) is 18.3 Å². The van der Waals surface area contributed by atoms with Crippen LogP contribution in [0.3, 0.4) is 0 Å². The third-order valence-corrected chi connectivity index (χ3v) is 4.94. The number of halogens is 2. The third kappa shape index (κ3) is 2.73. The van der Waals surface area contributed by atoms with E-state index in [9.17, 15) is 14.3 Å². The number of carbonyl (C=O) groups excluding carboxylic acids is 1. The van der Waals surface area contributed by atoms with E-state index in [1.807, 2.05) is 0 Å². The summed E-state index contributed by atoms with van der Waals surface area (Å²) in [7, 11) is 1.80. The second-order valence-corrected chi connectivity index (χ2v) is 6.79. The minimum atomic E-state index is -0.739. The number of hydrogen-bond donors (Lipinski definition) is 2. The number of rotatable bonds is 4. The largest absolute Gasteiger partial charge is 0.388 e. The maximum Gasteiger partial charge on any atom is 0.274 e. The van der Waals surface area contributed by atoms with Gasteiger partial charge in [0.05, 0.1) is 5.02 Å². The molecule has 1 aliphatic rings. The van der Waals surface area contributed by atoms with Crippen LogP contribution in [-0.2, 0) is 13.7 Å². The Morgan fingerprint density at radius 1 is 1.42 bits per heavy atom. The number of nitrogens with zero attached hydrogens (tertiary/aromatic N) is 5. The number of fused-ring (bicyclic) bond motifs is 1. The quantitative estimate of drug-likeness (QED) is 0.715. The average Bonchev–Trinajstić information content (AvgIpc) is 3.11. The number of nitrogens with one attached hydrogen (secondary N) is 1. The Morgan fingerprint density at radius 2 is 2.19 bits per heavy atom. The summed E-state index contributed by atoms with van der Waals surface area (Å²) in [5.74, 6) is 0.116. The fraction of sp³-hybridized carbons (Fsp3) is 0.375. The molecule has 0 aromatic carbocycles. The van der Waals surface area contributed by atoms with Crippen LogP contribution >= 0.6 is 11.6 Å². The highest BCUT2D eigenvalue weighted by Crippen LogP contribution is 2.36. The molecule has 1 fully saturated rings. The van der Waals surface area contributed by atoms with Crippen LogP contribution in [0.25, 0.3) is 5.65 Å². The summed E-state index contributed by atoms with van der Waals surface area (Å²) in [6, 6.07) is 3.05. The molecule has 3 heterocycles. The van der Waals surface area contributed by atoms with Gasteiger partial charge in [-0.2, -0.15) is 4.39 Å². The summed E-state index contributed by atoms with van der Waals surface area (Å²) in [6.07, 6.45) is 2.72. The Balaban J connectivity index is 1.44. The van der Waals surface area contributed by atoms with Gasteiger partial charge in [0.15, 0.2) is 11.5 Å². The van der Waals surface area contributed by atoms with Crippen molar-refractivity contribution in [3.63, 3.8) is 0 Å². The summed E-state index contributed by atoms with van der Waals surface area (Å²) in [5, 5.41) is 20.3. The second kappa shape index (κ2) is 6.33. The summed E-state index contributed by atoms with van der Waals surface area (Å²) in [5.41, 5.74) is 0.0658. The van der Waals surface area contributed by atoms with Crippen LogP contribution in [0.5, 0.6) is 0 Å². The zero-order valence-electron chi connectivity index (χ0n) is 13.9. The number of carbonyl (C=O) groups is 1. The molecule has 0 radical (unpaired) electrons. The van der Waals surface area contributed by atoms with E-state index in [4.69, 9.17) is 11.6 Å². The van der Waals surface area contributed by atoms with Gasteiger partial charge < -0.3 is 15.0 Å². The predicted molar refractivity (Wildman–Crippen MR) is 90.3 cm³/mol. The SMILES string of the molecule is Cn1c(CO)nnc1C1CC(NC(=O)c2nc3ccc(Cl)cn3c2F)C1. The van der Waals surface area contributed by atoms with Gasteiger partial charge in [0.25, 0.3) is 5.91 Å². The highest BCUT2D eigenvalue weighted by molar-refractivity contribution is 6.30. The van der Waals surface area contributed by atoms with Gasteiger partial charge in [0, 0.05) is 25.2 Å². The van der Waals surface area contributed by atoms with Crippen molar-refractivity contribution in [1.82, 2.24) is 29.5 Å². The molecule has 0 bridgehead atoms. The van der Waals surface area contributed by atoms with Crippen LogP contribution in [0.4, 0.5) is 4.39 Å². The van der Waals surface area contributed by atoms with Crippen LogP contribution in [0.1, 0.15) is 40.9 Å². The van der Waals surface area contributed by atoms with Gasteiger partial charge >= 0.3 is 0 Å². The summed E-state index contributed by atoms with van der Waals surface area (Å²) in [4.78, 5) is 16.4. The fourth-order valence-electron chi connectivity index (χ4n) is 3.20. The van der Waals surface area contributed by atoms with E-state index in [2.05, 4.69) is 20.5 Å². The molecule has 136 valence electrons. The fourth-order valence-corrected chi connectivity index (χ4v) is 3.36. The van der Waals surface area contributed by atoms with E-state index in [0.29, 0.717) is 29.3 Å². The van der Waals surface area contributed by atoms with Crippen molar-refractivity contribution in [2.45, 2.75) is 31.4 Å². The van der Waals surface area contributed by atoms with Gasteiger partial charge in [0.1, 0.15) is 18.1 Å². The van der Waals surface area contributed by atoms with Gasteiger partial charge in [-0.05, 0) is 25.0 Å². The molecule has 26 heavy (non-hydrogen) atoms. The van der Waals surface area contributed by atoms with Gasteiger partial charge in [-0.15, -0.1) is 10.2 Å². The molecule has 0 saturated heterocycles. The molecule has 3 aromatic heterocycles. The molecule has 3 aromatic rings. The maximum atomic E-state index is 14.4. The highest BCUT2D eigenvalue weighted by atomic mass is 35.5. The van der Waals surface area contributed by atoms with Gasteiger partial charge in [0.2, 0.25) is 5.95 Å². The Morgan fingerprint density at radius 3 is 2.88 bits per heavy atom. The van der Waals surface area contributed by atoms with Crippen LogP contribution in [0, 0.1) is 5.95 Å². The standard InChI is InChI=1S/C16H16ClFN6O2/c1-23-12(7-25)21-22-15(23)8-4-10(5-8)19-16(26)13-14(18)24-6-9(17)2-3-11(24)20-13/h2-3,6,8,10,25H,4-5,7H2,1H3,(H,19,26). The number of aliphatic hydroxyl groups is 1. The number of aliphatic hydroxyl groups excluding tert-OH is 1. The molecule has 1 amide bonds. The Bertz CT molecular complexity index is 994. The monoisotopic (exact) mass is 378 g/mol. The lowest BCUT2D eigenvalue weighted by Gasteiger charge is -2.34. The van der Waals surface area contributed by atoms with E-state index < -0.39 is 11.9 Å². The van der Waals surface area contributed by atoms with E-state index in [1.54, 1.807) is 23.7 Å². The van der Waals surface area contributed by atoms with E-state index in [-0.39, 0.29) is 24.3 Å². The lowest BCUT2D eigenvalue weighted by atomic mass is 9.79. The van der Waals surface area contributed by atoms with Gasteiger partial charge in [-0.3, -0.25) is 9.20 Å². The molecule has 1 aliphatic carbocycles. The lowest BCUT2D eigenvalue weighted by molar-refractivity contribution is 0.0897. The molecular weight excluding hydrogens is 363 g/mol. The first kappa shape index (κ1) is 16.9. The van der Waals surface area contributed by atoms with Gasteiger partial charge in [-0.1, -0.05) is 11.6 Å². The number of pyridine rings is 1. The first-order valence-electron chi connectivity index (χ1n) is 8.11. The van der Waals surface area contributed by atoms with Crippen LogP contribution in [0.2, 0.25) is 5.02 Å². The molecule has 0 aliphatic heterocycles. The number of amides is 1. The molecule has 2 N–H and O–H groups in total. The van der Waals surface area contributed by atoms with Gasteiger partial charge in [-0.25, -0.2) is 4.98 Å². The molecular formula is C16H16ClFN6O2. The number of hydrogen-bond acceptors (Lipinski definition) is 5. The Kier molecular flexibility index (Phi) is 4.12. The first-order valence-corrected chi connectivity index (χ1v) is 8.48.